The molecule has 1 aromatic rings. The number of aromatic hydroxyl groups is 1. The first-order valence-electron chi connectivity index (χ1n) is 4.42. The van der Waals surface area contributed by atoms with Crippen molar-refractivity contribution < 1.29 is 5.11 Å². The highest BCUT2D eigenvalue weighted by atomic mass is 16.3. The van der Waals surface area contributed by atoms with Crippen LogP contribution in [0.1, 0.15) is 5.56 Å². The third kappa shape index (κ3) is 3.76. The third-order valence-electron chi connectivity index (χ3n) is 1.82. The van der Waals surface area contributed by atoms with Crippen molar-refractivity contribution >= 4 is 0 Å². The van der Waals surface area contributed by atoms with Crippen molar-refractivity contribution in [2.75, 3.05) is 13.1 Å². The highest BCUT2D eigenvalue weighted by molar-refractivity contribution is 5.25. The Labute approximate surface area is 78.9 Å². The van der Waals surface area contributed by atoms with Gasteiger partial charge in [0.1, 0.15) is 5.75 Å². The van der Waals surface area contributed by atoms with Gasteiger partial charge < -0.3 is 10.4 Å². The van der Waals surface area contributed by atoms with Crippen molar-refractivity contribution in [2.24, 2.45) is 0 Å². The molecule has 0 aliphatic heterocycles. The van der Waals surface area contributed by atoms with E-state index in [1.54, 1.807) is 12.1 Å². The van der Waals surface area contributed by atoms with Crippen molar-refractivity contribution in [3.8, 4) is 5.75 Å². The lowest BCUT2D eigenvalue weighted by atomic mass is 10.1. The smallest absolute Gasteiger partial charge is 0.115 e. The highest BCUT2D eigenvalue weighted by Crippen LogP contribution is 2.09. The Hall–Kier alpha value is -1.28. The Morgan fingerprint density at radius 3 is 2.62 bits per heavy atom. The molecule has 0 radical (unpaired) electrons. The summed E-state index contributed by atoms with van der Waals surface area (Å²) in [7, 11) is 0. The molecule has 0 aromatic heterocycles. The molecule has 0 saturated carbocycles. The van der Waals surface area contributed by atoms with Crippen molar-refractivity contribution in [3.05, 3.63) is 42.5 Å². The molecule has 1 aromatic carbocycles. The van der Waals surface area contributed by atoms with Crippen LogP contribution in [0.25, 0.3) is 0 Å². The fourth-order valence-corrected chi connectivity index (χ4v) is 1.10. The zero-order chi connectivity index (χ0) is 9.52. The Morgan fingerprint density at radius 2 is 2.00 bits per heavy atom. The van der Waals surface area contributed by atoms with Gasteiger partial charge in [-0.05, 0) is 30.7 Å². The Morgan fingerprint density at radius 1 is 1.31 bits per heavy atom. The van der Waals surface area contributed by atoms with Gasteiger partial charge in [-0.3, -0.25) is 0 Å². The van der Waals surface area contributed by atoms with Crippen molar-refractivity contribution in [2.45, 2.75) is 6.42 Å². The third-order valence-corrected chi connectivity index (χ3v) is 1.82. The maximum Gasteiger partial charge on any atom is 0.115 e. The molecule has 13 heavy (non-hydrogen) atoms. The summed E-state index contributed by atoms with van der Waals surface area (Å²) in [5.74, 6) is 0.322. The second-order valence-corrected chi connectivity index (χ2v) is 2.91. The largest absolute Gasteiger partial charge is 0.508 e. The first-order valence-corrected chi connectivity index (χ1v) is 4.42. The van der Waals surface area contributed by atoms with E-state index in [-0.39, 0.29) is 0 Å². The van der Waals surface area contributed by atoms with E-state index in [2.05, 4.69) is 11.9 Å². The predicted octanol–water partition coefficient (Wildman–Crippen LogP) is 1.71. The standard InChI is InChI=1S/C11H15NO/c1-2-8-12-9-7-10-3-5-11(13)6-4-10/h2-6,12-13H,1,7-9H2. The molecule has 2 heteroatoms. The average Bonchev–Trinajstić information content (AvgIpc) is 2.15. The van der Waals surface area contributed by atoms with E-state index in [0.717, 1.165) is 19.5 Å². The minimum atomic E-state index is 0.322. The molecule has 0 bridgehead atoms. The van der Waals surface area contributed by atoms with E-state index in [1.165, 1.54) is 5.56 Å². The minimum absolute atomic E-state index is 0.322. The van der Waals surface area contributed by atoms with Gasteiger partial charge in [-0.15, -0.1) is 6.58 Å². The molecule has 1 rings (SSSR count). The minimum Gasteiger partial charge on any atom is -0.508 e. The van der Waals surface area contributed by atoms with Gasteiger partial charge in [0.25, 0.3) is 0 Å². The molecule has 2 nitrogen and oxygen atoms in total. The molecule has 0 atom stereocenters. The summed E-state index contributed by atoms with van der Waals surface area (Å²) in [5.41, 5.74) is 1.23. The molecule has 0 amide bonds. The molecule has 0 heterocycles. The molecule has 2 N–H and O–H groups in total. The molecule has 0 aliphatic rings. The van der Waals surface area contributed by atoms with Gasteiger partial charge in [-0.1, -0.05) is 18.2 Å². The first kappa shape index (κ1) is 9.81. The number of phenols is 1. The number of hydrogen-bond donors (Lipinski definition) is 2. The summed E-state index contributed by atoms with van der Waals surface area (Å²) in [6.45, 7) is 5.41. The van der Waals surface area contributed by atoms with E-state index in [4.69, 9.17) is 5.11 Å². The van der Waals surface area contributed by atoms with E-state index < -0.39 is 0 Å². The lowest BCUT2D eigenvalue weighted by molar-refractivity contribution is 0.475. The second kappa shape index (κ2) is 5.38. The van der Waals surface area contributed by atoms with E-state index in [1.807, 2.05) is 18.2 Å². The van der Waals surface area contributed by atoms with Crippen LogP contribution in [0.5, 0.6) is 5.75 Å². The van der Waals surface area contributed by atoms with Crippen LogP contribution in [0, 0.1) is 0 Å². The summed E-state index contributed by atoms with van der Waals surface area (Å²) in [4.78, 5) is 0. The van der Waals surface area contributed by atoms with Gasteiger partial charge in [-0.25, -0.2) is 0 Å². The Bertz CT molecular complexity index is 253. The number of benzene rings is 1. The Kier molecular flexibility index (Phi) is 4.06. The molecule has 0 spiro atoms. The summed E-state index contributed by atoms with van der Waals surface area (Å²) in [6, 6.07) is 7.29. The van der Waals surface area contributed by atoms with Crippen LogP contribution in [0.3, 0.4) is 0 Å². The number of phenolic OH excluding ortho intramolecular Hbond substituents is 1. The van der Waals surface area contributed by atoms with E-state index in [9.17, 15) is 0 Å². The fraction of sp³-hybridized carbons (Fsp3) is 0.273. The van der Waals surface area contributed by atoms with Crippen molar-refractivity contribution in [3.63, 3.8) is 0 Å². The predicted molar refractivity (Wildman–Crippen MR) is 54.9 cm³/mol. The molecule has 70 valence electrons. The van der Waals surface area contributed by atoms with Gasteiger partial charge in [0.2, 0.25) is 0 Å². The quantitative estimate of drug-likeness (QED) is 0.530. The van der Waals surface area contributed by atoms with Crippen LogP contribution in [-0.2, 0) is 6.42 Å². The molecular weight excluding hydrogens is 162 g/mol. The summed E-state index contributed by atoms with van der Waals surface area (Å²) < 4.78 is 0. The van der Waals surface area contributed by atoms with Gasteiger partial charge in [0.05, 0.1) is 0 Å². The van der Waals surface area contributed by atoms with E-state index in [0.29, 0.717) is 5.75 Å². The van der Waals surface area contributed by atoms with Crippen molar-refractivity contribution in [1.29, 1.82) is 0 Å². The molecule has 0 saturated heterocycles. The van der Waals surface area contributed by atoms with Crippen LogP contribution in [0.15, 0.2) is 36.9 Å². The molecule has 0 aliphatic carbocycles. The van der Waals surface area contributed by atoms with Crippen LogP contribution in [-0.4, -0.2) is 18.2 Å². The summed E-state index contributed by atoms with van der Waals surface area (Å²) in [6.07, 6.45) is 2.82. The zero-order valence-electron chi connectivity index (χ0n) is 7.66. The van der Waals surface area contributed by atoms with Crippen molar-refractivity contribution in [1.82, 2.24) is 5.32 Å². The van der Waals surface area contributed by atoms with E-state index >= 15 is 0 Å². The summed E-state index contributed by atoms with van der Waals surface area (Å²) >= 11 is 0. The topological polar surface area (TPSA) is 32.3 Å². The fourth-order valence-electron chi connectivity index (χ4n) is 1.10. The number of nitrogens with one attached hydrogen (secondary N) is 1. The highest BCUT2D eigenvalue weighted by Gasteiger charge is 1.92. The molecule has 0 unspecified atom stereocenters. The van der Waals surface area contributed by atoms with Gasteiger partial charge in [0.15, 0.2) is 0 Å². The van der Waals surface area contributed by atoms with Gasteiger partial charge in [0, 0.05) is 6.54 Å². The maximum atomic E-state index is 9.04. The second-order valence-electron chi connectivity index (χ2n) is 2.91. The van der Waals surface area contributed by atoms with Gasteiger partial charge in [-0.2, -0.15) is 0 Å². The van der Waals surface area contributed by atoms with Gasteiger partial charge >= 0.3 is 0 Å². The van der Waals surface area contributed by atoms with Crippen LogP contribution in [0.2, 0.25) is 0 Å². The maximum absolute atomic E-state index is 9.04. The monoisotopic (exact) mass is 177 g/mol. The van der Waals surface area contributed by atoms with Crippen LogP contribution < -0.4 is 5.32 Å². The Balaban J connectivity index is 2.28. The van der Waals surface area contributed by atoms with Crippen LogP contribution >= 0.6 is 0 Å². The SMILES string of the molecule is C=CCNCCc1ccc(O)cc1. The first-order chi connectivity index (χ1) is 6.33. The summed E-state index contributed by atoms with van der Waals surface area (Å²) in [5, 5.41) is 12.3. The normalized spacial score (nSPS) is 9.85. The van der Waals surface area contributed by atoms with Crippen LogP contribution in [0.4, 0.5) is 0 Å². The zero-order valence-corrected chi connectivity index (χ0v) is 7.66. The molecule has 0 fully saturated rings. The number of rotatable bonds is 5. The lowest BCUT2D eigenvalue weighted by Gasteiger charge is -2.01. The number of hydrogen-bond acceptors (Lipinski definition) is 2. The average molecular weight is 177 g/mol. The molecular formula is C11H15NO. The lowest BCUT2D eigenvalue weighted by Crippen LogP contribution is -2.16.